The summed E-state index contributed by atoms with van der Waals surface area (Å²) in [6.07, 6.45) is 6.15. The van der Waals surface area contributed by atoms with Crippen molar-refractivity contribution in [3.05, 3.63) is 36.3 Å². The number of pyridine rings is 3. The maximum Gasteiger partial charge on any atom is 0.435 e. The van der Waals surface area contributed by atoms with Gasteiger partial charge >= 0.3 is 6.09 Å². The number of hydrogen-bond acceptors (Lipinski definition) is 11. The zero-order valence-corrected chi connectivity index (χ0v) is 35.4. The second-order valence-corrected chi connectivity index (χ2v) is 18.3. The van der Waals surface area contributed by atoms with Gasteiger partial charge in [-0.05, 0) is 104 Å². The minimum atomic E-state index is -2.76. The van der Waals surface area contributed by atoms with Crippen LogP contribution in [-0.4, -0.2) is 115 Å². The Morgan fingerprint density at radius 1 is 0.881 bits per heavy atom. The minimum absolute atomic E-state index is 0.106. The molecule has 5 aromatic heterocycles. The van der Waals surface area contributed by atoms with E-state index in [-0.39, 0.29) is 31.3 Å². The molecule has 3 fully saturated rings. The molecule has 59 heavy (non-hydrogen) atoms. The van der Waals surface area contributed by atoms with Gasteiger partial charge in [-0.1, -0.05) is 0 Å². The summed E-state index contributed by atoms with van der Waals surface area (Å²) >= 11 is 0. The van der Waals surface area contributed by atoms with Crippen LogP contribution in [0, 0.1) is 12.3 Å². The summed E-state index contributed by atoms with van der Waals surface area (Å²) in [5, 5.41) is 5.48. The average molecular weight is 817 g/mol. The van der Waals surface area contributed by atoms with Gasteiger partial charge in [0.25, 0.3) is 5.92 Å². The van der Waals surface area contributed by atoms with Gasteiger partial charge in [-0.2, -0.15) is 9.78 Å². The third-order valence-corrected chi connectivity index (χ3v) is 12.2. The van der Waals surface area contributed by atoms with E-state index in [2.05, 4.69) is 19.4 Å². The Bertz CT molecular complexity index is 2370. The first kappa shape index (κ1) is 40.8. The number of ether oxygens (including phenoxy) is 2. The van der Waals surface area contributed by atoms with Crippen LogP contribution in [0.2, 0.25) is 0 Å². The quantitative estimate of drug-likeness (QED) is 0.158. The second-order valence-electron chi connectivity index (χ2n) is 18.3. The molecule has 16 heteroatoms. The average Bonchev–Trinajstić information content (AvgIpc) is 3.73. The van der Waals surface area contributed by atoms with Crippen molar-refractivity contribution in [3.63, 3.8) is 0 Å². The van der Waals surface area contributed by atoms with Crippen LogP contribution in [-0.2, 0) is 11.8 Å². The summed E-state index contributed by atoms with van der Waals surface area (Å²) < 4.78 is 58.3. The van der Waals surface area contributed by atoms with Crippen molar-refractivity contribution < 1.29 is 27.4 Å². The van der Waals surface area contributed by atoms with Crippen LogP contribution in [0.3, 0.4) is 0 Å². The molecule has 13 nitrogen and oxygen atoms in total. The zero-order chi connectivity index (χ0) is 42.1. The molecule has 1 spiro atoms. The minimum Gasteiger partial charge on any atom is -0.496 e. The number of rotatable bonds is 7. The molecule has 8 rings (SSSR count). The molecule has 3 aliphatic heterocycles. The summed E-state index contributed by atoms with van der Waals surface area (Å²) in [6.45, 7) is 14.6. The van der Waals surface area contributed by atoms with Crippen LogP contribution < -0.4 is 14.5 Å². The lowest BCUT2D eigenvalue weighted by Crippen LogP contribution is -2.49. The highest BCUT2D eigenvalue weighted by molar-refractivity contribution is 6.02. The van der Waals surface area contributed by atoms with Crippen molar-refractivity contribution in [2.45, 2.75) is 97.3 Å². The summed E-state index contributed by atoms with van der Waals surface area (Å²) in [4.78, 5) is 39.8. The predicted molar refractivity (Wildman–Crippen MR) is 222 cm³/mol. The van der Waals surface area contributed by atoms with Gasteiger partial charge in [-0.25, -0.2) is 27.9 Å². The molecule has 0 amide bonds. The Labute approximate surface area is 342 Å². The van der Waals surface area contributed by atoms with E-state index in [0.29, 0.717) is 62.9 Å². The highest BCUT2D eigenvalue weighted by Crippen LogP contribution is 2.44. The first-order valence-corrected chi connectivity index (χ1v) is 20.6. The number of piperidine rings is 3. The smallest absolute Gasteiger partial charge is 0.435 e. The van der Waals surface area contributed by atoms with Crippen molar-refractivity contribution in [2.24, 2.45) is 12.5 Å². The number of aryl methyl sites for hydroxylation is 2. The first-order chi connectivity index (χ1) is 27.8. The molecule has 0 saturated carbocycles. The second kappa shape index (κ2) is 14.9. The Kier molecular flexibility index (Phi) is 10.3. The molecule has 0 N–H and O–H groups in total. The van der Waals surface area contributed by atoms with Gasteiger partial charge in [0.15, 0.2) is 5.82 Å². The van der Waals surface area contributed by atoms with Crippen LogP contribution in [0.1, 0.15) is 78.8 Å². The first-order valence-electron chi connectivity index (χ1n) is 20.6. The Morgan fingerprint density at radius 2 is 1.54 bits per heavy atom. The fourth-order valence-electron chi connectivity index (χ4n) is 9.06. The fourth-order valence-corrected chi connectivity index (χ4v) is 9.06. The van der Waals surface area contributed by atoms with Crippen LogP contribution in [0.15, 0.2) is 30.6 Å². The predicted octanol–water partition coefficient (Wildman–Crippen LogP) is 8.21. The maximum atomic E-state index is 14.6. The number of halogens is 3. The van der Waals surface area contributed by atoms with Crippen LogP contribution >= 0.6 is 0 Å². The van der Waals surface area contributed by atoms with E-state index >= 15 is 0 Å². The van der Waals surface area contributed by atoms with E-state index in [0.717, 1.165) is 63.3 Å². The molecule has 3 aliphatic rings. The Balaban J connectivity index is 1.22. The standard InChI is InChI=1S/C43H55F3N10O3/c1-27-36-28(23-30(48-27)29-25-47-16-9-33(29)58-8)34(51-56(36)39(57)59-40(2,3)4)31-24-32-35(37(49-31)54-21-14-43(45,46)15-22-54)50-38(52(32)7)55-19-12-42(13-20-55)10-17-53(18-11-42)26-41(5,6)44/h9,16,23-25H,10-15,17-22,26H2,1-8H3. The number of carbonyl (C=O) groups is 1. The lowest BCUT2D eigenvalue weighted by molar-refractivity contribution is -0.0221. The third kappa shape index (κ3) is 8.16. The van der Waals surface area contributed by atoms with E-state index in [1.54, 1.807) is 67.1 Å². The summed E-state index contributed by atoms with van der Waals surface area (Å²) in [5.74, 6) is -0.912. The van der Waals surface area contributed by atoms with Gasteiger partial charge in [0.05, 0.1) is 35.3 Å². The summed E-state index contributed by atoms with van der Waals surface area (Å²) in [7, 11) is 3.56. The number of methoxy groups -OCH3 is 1. The molecule has 0 bridgehead atoms. The SMILES string of the molecule is COc1ccncc1-c1cc2c(-c3cc4c(nc(N5CCC6(CCN(CC(C)(C)F)CC6)CC5)n4C)c(N4CCC(F)(F)CC4)n3)nn(C(=O)OC(C)(C)C)c2c(C)n1. The Hall–Kier alpha value is -4.99. The van der Waals surface area contributed by atoms with E-state index < -0.39 is 23.3 Å². The van der Waals surface area contributed by atoms with Crippen LogP contribution in [0.4, 0.5) is 29.7 Å². The van der Waals surface area contributed by atoms with Crippen LogP contribution in [0.25, 0.3) is 44.6 Å². The fraction of sp³-hybridized carbons (Fsp3) is 0.581. The molecule has 3 saturated heterocycles. The topological polar surface area (TPSA) is 120 Å². The molecular formula is C43H55F3N10O3. The molecule has 8 heterocycles. The van der Waals surface area contributed by atoms with Crippen molar-refractivity contribution in [2.75, 3.05) is 62.7 Å². The zero-order valence-electron chi connectivity index (χ0n) is 35.4. The van der Waals surface area contributed by atoms with Gasteiger partial charge in [-0.15, -0.1) is 0 Å². The Morgan fingerprint density at radius 3 is 2.19 bits per heavy atom. The van der Waals surface area contributed by atoms with E-state index in [1.165, 1.54) is 4.68 Å². The monoisotopic (exact) mass is 816 g/mol. The van der Waals surface area contributed by atoms with Gasteiger partial charge in [0, 0.05) is 70.4 Å². The lowest BCUT2D eigenvalue weighted by Gasteiger charge is -2.47. The van der Waals surface area contributed by atoms with Gasteiger partial charge < -0.3 is 28.7 Å². The number of hydrogen-bond donors (Lipinski definition) is 0. The van der Waals surface area contributed by atoms with E-state index in [1.807, 2.05) is 24.1 Å². The lowest BCUT2D eigenvalue weighted by atomic mass is 9.71. The van der Waals surface area contributed by atoms with Crippen molar-refractivity contribution >= 4 is 39.8 Å². The normalized spacial score (nSPS) is 18.9. The molecule has 316 valence electrons. The number of likely N-dealkylation sites (tertiary alicyclic amines) is 1. The van der Waals surface area contributed by atoms with Crippen LogP contribution in [0.5, 0.6) is 5.75 Å². The highest BCUT2D eigenvalue weighted by Gasteiger charge is 2.40. The van der Waals surface area contributed by atoms with E-state index in [9.17, 15) is 18.0 Å². The van der Waals surface area contributed by atoms with Gasteiger partial charge in [0.1, 0.15) is 33.7 Å². The molecule has 0 aliphatic carbocycles. The number of fused-ring (bicyclic) bond motifs is 2. The number of nitrogens with zero attached hydrogens (tertiary/aromatic N) is 10. The molecule has 0 radical (unpaired) electrons. The maximum absolute atomic E-state index is 14.6. The molecule has 0 atom stereocenters. The molecular weight excluding hydrogens is 762 g/mol. The number of alkyl halides is 3. The number of aromatic nitrogens is 7. The van der Waals surface area contributed by atoms with Gasteiger partial charge in [0.2, 0.25) is 5.95 Å². The molecule has 0 unspecified atom stereocenters. The molecule has 5 aromatic rings. The number of anilines is 2. The van der Waals surface area contributed by atoms with Gasteiger partial charge in [-0.3, -0.25) is 9.97 Å². The number of carbonyl (C=O) groups excluding carboxylic acids is 1. The summed E-state index contributed by atoms with van der Waals surface area (Å²) in [6, 6.07) is 5.52. The molecule has 0 aromatic carbocycles. The third-order valence-electron chi connectivity index (χ3n) is 12.2. The van der Waals surface area contributed by atoms with E-state index in [4.69, 9.17) is 29.5 Å². The summed E-state index contributed by atoms with van der Waals surface area (Å²) in [5.41, 5.74) is 2.63. The van der Waals surface area contributed by atoms with Crippen molar-refractivity contribution in [1.82, 2.24) is 39.2 Å². The van der Waals surface area contributed by atoms with Crippen molar-refractivity contribution in [1.29, 1.82) is 0 Å². The van der Waals surface area contributed by atoms with Crippen molar-refractivity contribution in [3.8, 4) is 28.4 Å². The number of imidazole rings is 1. The highest BCUT2D eigenvalue weighted by atomic mass is 19.3. The largest absolute Gasteiger partial charge is 0.496 e.